The van der Waals surface area contributed by atoms with Crippen LogP contribution >= 0.6 is 24.8 Å². The molecular formula is C16H27Cl2F2N3O. The number of nitrogens with zero attached hydrogens (tertiary/aromatic N) is 1. The lowest BCUT2D eigenvalue weighted by Crippen LogP contribution is -2.50. The van der Waals surface area contributed by atoms with Crippen LogP contribution in [0.2, 0.25) is 0 Å². The number of nitrogens with two attached hydrogens (primary N) is 1. The normalized spacial score (nSPS) is 13.5. The van der Waals surface area contributed by atoms with Gasteiger partial charge in [-0.25, -0.2) is 8.78 Å². The average molecular weight is 386 g/mol. The standard InChI is InChI=1S/C16H25F2N3O.2ClH/c1-16(2,3)14(19)15(22)20-9-12(21(4)5)13-10(17)7-6-8-11(13)18;;/h6-8,12,14H,9,19H2,1-5H3,(H,20,22);2*1H/t12?,14-;;/m1../s1. The Morgan fingerprint density at radius 3 is 2.04 bits per heavy atom. The summed E-state index contributed by atoms with van der Waals surface area (Å²) in [5.74, 6) is -1.60. The van der Waals surface area contributed by atoms with Gasteiger partial charge in [0.25, 0.3) is 0 Å². The Morgan fingerprint density at radius 1 is 1.21 bits per heavy atom. The average Bonchev–Trinajstić information content (AvgIpc) is 2.39. The fourth-order valence-electron chi connectivity index (χ4n) is 2.07. The molecule has 1 amide bonds. The number of carbonyl (C=O) groups excluding carboxylic acids is 1. The molecule has 1 rings (SSSR count). The monoisotopic (exact) mass is 385 g/mol. The quantitative estimate of drug-likeness (QED) is 0.818. The maximum Gasteiger partial charge on any atom is 0.237 e. The molecule has 4 nitrogen and oxygen atoms in total. The van der Waals surface area contributed by atoms with Gasteiger partial charge < -0.3 is 16.0 Å². The van der Waals surface area contributed by atoms with E-state index in [-0.39, 0.29) is 48.2 Å². The fourth-order valence-corrected chi connectivity index (χ4v) is 2.07. The smallest absolute Gasteiger partial charge is 0.237 e. The highest BCUT2D eigenvalue weighted by atomic mass is 35.5. The van der Waals surface area contributed by atoms with Crippen molar-refractivity contribution in [1.29, 1.82) is 0 Å². The van der Waals surface area contributed by atoms with Crippen LogP contribution in [0.25, 0.3) is 0 Å². The Hall–Kier alpha value is -0.950. The highest BCUT2D eigenvalue weighted by Gasteiger charge is 2.29. The first-order chi connectivity index (χ1) is 10.1. The molecule has 3 N–H and O–H groups in total. The third kappa shape index (κ3) is 6.51. The molecule has 0 saturated heterocycles. The number of rotatable bonds is 5. The first kappa shape index (κ1) is 25.3. The van der Waals surface area contributed by atoms with E-state index >= 15 is 0 Å². The van der Waals surface area contributed by atoms with Crippen molar-refractivity contribution in [2.75, 3.05) is 20.6 Å². The van der Waals surface area contributed by atoms with Gasteiger partial charge in [0.05, 0.1) is 12.1 Å². The summed E-state index contributed by atoms with van der Waals surface area (Å²) in [5, 5.41) is 2.68. The fraction of sp³-hybridized carbons (Fsp3) is 0.562. The summed E-state index contributed by atoms with van der Waals surface area (Å²) < 4.78 is 27.9. The number of benzene rings is 1. The second-order valence-electron chi connectivity index (χ2n) is 6.70. The van der Waals surface area contributed by atoms with E-state index in [4.69, 9.17) is 5.73 Å². The van der Waals surface area contributed by atoms with Crippen molar-refractivity contribution < 1.29 is 13.6 Å². The Kier molecular flexibility index (Phi) is 10.7. The minimum absolute atomic E-state index is 0. The molecule has 0 heterocycles. The highest BCUT2D eigenvalue weighted by molar-refractivity contribution is 5.85. The zero-order valence-electron chi connectivity index (χ0n) is 14.6. The van der Waals surface area contributed by atoms with E-state index in [1.54, 1.807) is 19.0 Å². The number of amides is 1. The van der Waals surface area contributed by atoms with Gasteiger partial charge >= 0.3 is 0 Å². The molecule has 0 aliphatic rings. The molecule has 1 aromatic rings. The Morgan fingerprint density at radius 2 is 1.67 bits per heavy atom. The largest absolute Gasteiger partial charge is 0.353 e. The molecule has 0 aliphatic heterocycles. The third-order valence-electron chi connectivity index (χ3n) is 3.64. The summed E-state index contributed by atoms with van der Waals surface area (Å²) in [4.78, 5) is 13.7. The molecule has 0 fully saturated rings. The van der Waals surface area contributed by atoms with Crippen LogP contribution in [-0.4, -0.2) is 37.5 Å². The van der Waals surface area contributed by atoms with Crippen molar-refractivity contribution in [3.63, 3.8) is 0 Å². The van der Waals surface area contributed by atoms with Gasteiger partial charge in [-0.2, -0.15) is 0 Å². The SMILES string of the molecule is CN(C)C(CNC(=O)[C@@H](N)C(C)(C)C)c1c(F)cccc1F.Cl.Cl. The van der Waals surface area contributed by atoms with Crippen molar-refractivity contribution in [2.24, 2.45) is 11.1 Å². The lowest BCUT2D eigenvalue weighted by atomic mass is 9.87. The van der Waals surface area contributed by atoms with Crippen molar-refractivity contribution in [2.45, 2.75) is 32.9 Å². The molecule has 0 saturated carbocycles. The van der Waals surface area contributed by atoms with Gasteiger partial charge in [-0.1, -0.05) is 26.8 Å². The predicted octanol–water partition coefficient (Wildman–Crippen LogP) is 2.90. The van der Waals surface area contributed by atoms with Gasteiger partial charge in [0.1, 0.15) is 11.6 Å². The van der Waals surface area contributed by atoms with E-state index in [9.17, 15) is 13.6 Å². The molecule has 8 heteroatoms. The van der Waals surface area contributed by atoms with Crippen LogP contribution in [0.4, 0.5) is 8.78 Å². The van der Waals surface area contributed by atoms with Gasteiger partial charge in [-0.05, 0) is 31.6 Å². The molecule has 0 aromatic heterocycles. The van der Waals surface area contributed by atoms with Gasteiger partial charge in [-0.3, -0.25) is 4.79 Å². The van der Waals surface area contributed by atoms with E-state index in [1.165, 1.54) is 18.2 Å². The molecular weight excluding hydrogens is 359 g/mol. The molecule has 24 heavy (non-hydrogen) atoms. The summed E-state index contributed by atoms with van der Waals surface area (Å²) >= 11 is 0. The molecule has 1 aromatic carbocycles. The summed E-state index contributed by atoms with van der Waals surface area (Å²) in [5.41, 5.74) is 5.44. The second kappa shape index (κ2) is 10.1. The lowest BCUT2D eigenvalue weighted by molar-refractivity contribution is -0.124. The number of halogens is 4. The first-order valence-electron chi connectivity index (χ1n) is 7.19. The van der Waals surface area contributed by atoms with Crippen LogP contribution in [0, 0.1) is 17.0 Å². The molecule has 2 atom stereocenters. The molecule has 0 aliphatic carbocycles. The summed E-state index contributed by atoms with van der Waals surface area (Å²) in [7, 11) is 3.40. The molecule has 0 spiro atoms. The third-order valence-corrected chi connectivity index (χ3v) is 3.64. The molecule has 140 valence electrons. The van der Waals surface area contributed by atoms with Gasteiger partial charge in [0.15, 0.2) is 0 Å². The zero-order chi connectivity index (χ0) is 17.1. The van der Waals surface area contributed by atoms with Crippen LogP contribution in [0.15, 0.2) is 18.2 Å². The highest BCUT2D eigenvalue weighted by Crippen LogP contribution is 2.24. The zero-order valence-corrected chi connectivity index (χ0v) is 16.2. The van der Waals surface area contributed by atoms with Crippen molar-refractivity contribution in [3.8, 4) is 0 Å². The maximum absolute atomic E-state index is 13.9. The Balaban J connectivity index is 0. The number of carbonyl (C=O) groups is 1. The second-order valence-corrected chi connectivity index (χ2v) is 6.70. The Bertz CT molecular complexity index is 516. The number of nitrogens with one attached hydrogen (secondary N) is 1. The maximum atomic E-state index is 13.9. The predicted molar refractivity (Wildman–Crippen MR) is 97.7 cm³/mol. The van der Waals surface area contributed by atoms with Crippen LogP contribution in [0.3, 0.4) is 0 Å². The minimum Gasteiger partial charge on any atom is -0.353 e. The van der Waals surface area contributed by atoms with Gasteiger partial charge in [0.2, 0.25) is 5.91 Å². The van der Waals surface area contributed by atoms with Crippen LogP contribution in [-0.2, 0) is 4.79 Å². The van der Waals surface area contributed by atoms with Crippen LogP contribution < -0.4 is 11.1 Å². The van der Waals surface area contributed by atoms with E-state index in [0.717, 1.165) is 0 Å². The van der Waals surface area contributed by atoms with E-state index in [2.05, 4.69) is 5.32 Å². The van der Waals surface area contributed by atoms with Crippen molar-refractivity contribution >= 4 is 30.7 Å². The number of hydrogen-bond donors (Lipinski definition) is 2. The van der Waals surface area contributed by atoms with Crippen LogP contribution in [0.5, 0.6) is 0 Å². The first-order valence-corrected chi connectivity index (χ1v) is 7.19. The Labute approximate surface area is 155 Å². The summed E-state index contributed by atoms with van der Waals surface area (Å²) in [6.07, 6.45) is 0. The molecule has 1 unspecified atom stereocenters. The molecule has 0 radical (unpaired) electrons. The van der Waals surface area contributed by atoms with Crippen molar-refractivity contribution in [3.05, 3.63) is 35.4 Å². The minimum atomic E-state index is -0.694. The summed E-state index contributed by atoms with van der Waals surface area (Å²) in [6.45, 7) is 5.65. The van der Waals surface area contributed by atoms with Gasteiger partial charge in [-0.15, -0.1) is 24.8 Å². The van der Waals surface area contributed by atoms with Gasteiger partial charge in [0, 0.05) is 12.1 Å². The summed E-state index contributed by atoms with van der Waals surface area (Å²) in [6, 6.07) is 2.42. The van der Waals surface area contributed by atoms with E-state index < -0.39 is 23.7 Å². The van der Waals surface area contributed by atoms with Crippen molar-refractivity contribution in [1.82, 2.24) is 10.2 Å². The van der Waals surface area contributed by atoms with Crippen LogP contribution in [0.1, 0.15) is 32.4 Å². The molecule has 0 bridgehead atoms. The number of likely N-dealkylation sites (N-methyl/N-ethyl adjacent to an activating group) is 1. The van der Waals surface area contributed by atoms with E-state index in [1.807, 2.05) is 20.8 Å². The van der Waals surface area contributed by atoms with E-state index in [0.29, 0.717) is 0 Å². The number of hydrogen-bond acceptors (Lipinski definition) is 3. The lowest BCUT2D eigenvalue weighted by Gasteiger charge is -2.29. The topological polar surface area (TPSA) is 58.4 Å².